The number of benzene rings is 1. The Morgan fingerprint density at radius 3 is 2.94 bits per heavy atom. The molecule has 2 rings (SSSR count). The number of nitrogens with two attached hydrogens (primary N) is 1. The maximum atomic E-state index is 11.3. The van der Waals surface area contributed by atoms with E-state index in [1.54, 1.807) is 12.1 Å². The second-order valence-electron chi connectivity index (χ2n) is 3.60. The fraction of sp³-hybridized carbons (Fsp3) is 0.167. The summed E-state index contributed by atoms with van der Waals surface area (Å²) in [5, 5.41) is 1.88. The zero-order valence-corrected chi connectivity index (χ0v) is 10.2. The van der Waals surface area contributed by atoms with Crippen molar-refractivity contribution < 1.29 is 9.53 Å². The van der Waals surface area contributed by atoms with Gasteiger partial charge < -0.3 is 10.5 Å². The van der Waals surface area contributed by atoms with Gasteiger partial charge >= 0.3 is 0 Å². The Kier molecular flexibility index (Phi) is 3.39. The van der Waals surface area contributed by atoms with Gasteiger partial charge in [0.1, 0.15) is 12.4 Å². The first kappa shape index (κ1) is 11.6. The summed E-state index contributed by atoms with van der Waals surface area (Å²) in [5.41, 5.74) is 7.43. The van der Waals surface area contributed by atoms with Gasteiger partial charge in [0.05, 0.1) is 11.3 Å². The van der Waals surface area contributed by atoms with Crippen molar-refractivity contribution in [2.24, 2.45) is 5.73 Å². The van der Waals surface area contributed by atoms with Gasteiger partial charge in [-0.15, -0.1) is 0 Å². The lowest BCUT2D eigenvalue weighted by molar-refractivity contribution is 0.0995. The van der Waals surface area contributed by atoms with Gasteiger partial charge in [-0.05, 0) is 36.2 Å². The molecule has 0 aliphatic carbocycles. The van der Waals surface area contributed by atoms with Crippen LogP contribution >= 0.6 is 11.5 Å². The number of ether oxygens (including phenoxy) is 1. The molecule has 2 N–H and O–H groups in total. The molecular weight excluding hydrogens is 236 g/mol. The third-order valence-corrected chi connectivity index (χ3v) is 2.93. The number of carbonyl (C=O) groups excluding carboxylic acids is 1. The third-order valence-electron chi connectivity index (χ3n) is 2.33. The van der Waals surface area contributed by atoms with Gasteiger partial charge in [0.15, 0.2) is 0 Å². The first-order valence-corrected chi connectivity index (χ1v) is 5.93. The van der Waals surface area contributed by atoms with Crippen LogP contribution in [0.15, 0.2) is 29.6 Å². The lowest BCUT2D eigenvalue weighted by atomic mass is 10.1. The van der Waals surface area contributed by atoms with E-state index in [1.165, 1.54) is 11.5 Å². The van der Waals surface area contributed by atoms with E-state index < -0.39 is 5.91 Å². The summed E-state index contributed by atoms with van der Waals surface area (Å²) in [6.45, 7) is 2.22. The summed E-state index contributed by atoms with van der Waals surface area (Å²) in [4.78, 5) is 11.3. The fourth-order valence-corrected chi connectivity index (χ4v) is 2.02. The molecule has 0 bridgehead atoms. The van der Waals surface area contributed by atoms with Crippen LogP contribution in [0.1, 0.15) is 21.6 Å². The third kappa shape index (κ3) is 2.62. The number of nitrogens with zero attached hydrogens (tertiary/aromatic N) is 1. The SMILES string of the molecule is Cc1cccc(C(N)=O)c1OCc1ccsn1. The zero-order valence-electron chi connectivity index (χ0n) is 9.34. The number of rotatable bonds is 4. The summed E-state index contributed by atoms with van der Waals surface area (Å²) in [6, 6.07) is 7.20. The van der Waals surface area contributed by atoms with Gasteiger partial charge in [-0.2, -0.15) is 4.37 Å². The van der Waals surface area contributed by atoms with Gasteiger partial charge in [0.25, 0.3) is 5.91 Å². The van der Waals surface area contributed by atoms with Crippen LogP contribution in [-0.2, 0) is 6.61 Å². The number of amides is 1. The van der Waals surface area contributed by atoms with E-state index in [4.69, 9.17) is 10.5 Å². The first-order valence-electron chi connectivity index (χ1n) is 5.10. The molecule has 1 amide bonds. The highest BCUT2D eigenvalue weighted by molar-refractivity contribution is 7.03. The monoisotopic (exact) mass is 248 g/mol. The van der Waals surface area contributed by atoms with Crippen molar-refractivity contribution in [3.8, 4) is 5.75 Å². The molecule has 0 fully saturated rings. The van der Waals surface area contributed by atoms with Crippen molar-refractivity contribution in [2.45, 2.75) is 13.5 Å². The molecule has 0 saturated carbocycles. The van der Waals surface area contributed by atoms with Gasteiger partial charge in [0, 0.05) is 5.38 Å². The van der Waals surface area contributed by atoms with Crippen LogP contribution in [0.25, 0.3) is 0 Å². The van der Waals surface area contributed by atoms with E-state index in [1.807, 2.05) is 24.4 Å². The second kappa shape index (κ2) is 4.97. The minimum Gasteiger partial charge on any atom is -0.486 e. The highest BCUT2D eigenvalue weighted by Gasteiger charge is 2.11. The minimum atomic E-state index is -0.484. The standard InChI is InChI=1S/C12H12N2O2S/c1-8-3-2-4-10(12(13)15)11(8)16-7-9-5-6-17-14-9/h2-6H,7H2,1H3,(H2,13,15). The number of primary amides is 1. The maximum absolute atomic E-state index is 11.3. The number of aryl methyl sites for hydroxylation is 1. The van der Waals surface area contributed by atoms with E-state index in [0.29, 0.717) is 17.9 Å². The fourth-order valence-electron chi connectivity index (χ4n) is 1.50. The number of hydrogen-bond donors (Lipinski definition) is 1. The van der Waals surface area contributed by atoms with E-state index in [-0.39, 0.29) is 0 Å². The van der Waals surface area contributed by atoms with Gasteiger partial charge in [0.2, 0.25) is 0 Å². The Labute approximate surface area is 103 Å². The quantitative estimate of drug-likeness (QED) is 0.901. The van der Waals surface area contributed by atoms with E-state index in [0.717, 1.165) is 11.3 Å². The van der Waals surface area contributed by atoms with Crippen molar-refractivity contribution in [1.29, 1.82) is 0 Å². The van der Waals surface area contributed by atoms with Crippen molar-refractivity contribution in [1.82, 2.24) is 4.37 Å². The smallest absolute Gasteiger partial charge is 0.252 e. The molecule has 17 heavy (non-hydrogen) atoms. The molecule has 2 aromatic rings. The Bertz CT molecular complexity index is 523. The van der Waals surface area contributed by atoms with E-state index >= 15 is 0 Å². The van der Waals surface area contributed by atoms with Crippen molar-refractivity contribution >= 4 is 17.4 Å². The van der Waals surface area contributed by atoms with Gasteiger partial charge in [-0.1, -0.05) is 12.1 Å². The zero-order chi connectivity index (χ0) is 12.3. The average Bonchev–Trinajstić information content (AvgIpc) is 2.80. The first-order chi connectivity index (χ1) is 8.18. The highest BCUT2D eigenvalue weighted by Crippen LogP contribution is 2.23. The van der Waals surface area contributed by atoms with Crippen molar-refractivity contribution in [3.05, 3.63) is 46.5 Å². The molecule has 0 unspecified atom stereocenters. The number of hydrogen-bond acceptors (Lipinski definition) is 4. The molecule has 1 aromatic heterocycles. The second-order valence-corrected chi connectivity index (χ2v) is 4.26. The lowest BCUT2D eigenvalue weighted by Crippen LogP contribution is -2.13. The highest BCUT2D eigenvalue weighted by atomic mass is 32.1. The van der Waals surface area contributed by atoms with Crippen molar-refractivity contribution in [2.75, 3.05) is 0 Å². The Hall–Kier alpha value is -1.88. The van der Waals surface area contributed by atoms with Gasteiger partial charge in [-0.25, -0.2) is 0 Å². The topological polar surface area (TPSA) is 65.2 Å². The Morgan fingerprint density at radius 2 is 2.29 bits per heavy atom. The largest absolute Gasteiger partial charge is 0.486 e. The molecule has 88 valence electrons. The van der Waals surface area contributed by atoms with E-state index in [2.05, 4.69) is 4.37 Å². The van der Waals surface area contributed by atoms with E-state index in [9.17, 15) is 4.79 Å². The summed E-state index contributed by atoms with van der Waals surface area (Å²) in [7, 11) is 0. The summed E-state index contributed by atoms with van der Waals surface area (Å²) >= 11 is 1.37. The lowest BCUT2D eigenvalue weighted by Gasteiger charge is -2.11. The molecular formula is C12H12N2O2S. The van der Waals surface area contributed by atoms with Crippen molar-refractivity contribution in [3.63, 3.8) is 0 Å². The molecule has 1 heterocycles. The molecule has 5 heteroatoms. The average molecular weight is 248 g/mol. The molecule has 0 spiro atoms. The molecule has 0 aliphatic heterocycles. The van der Waals surface area contributed by atoms with Gasteiger partial charge in [-0.3, -0.25) is 4.79 Å². The predicted molar refractivity (Wildman–Crippen MR) is 66.1 cm³/mol. The predicted octanol–water partition coefficient (Wildman–Crippen LogP) is 2.13. The molecule has 0 radical (unpaired) electrons. The Balaban J connectivity index is 2.22. The van der Waals surface area contributed by atoms with Crippen LogP contribution in [0, 0.1) is 6.92 Å². The number of para-hydroxylation sites is 1. The number of aromatic nitrogens is 1. The van der Waals surface area contributed by atoms with Crippen LogP contribution in [0.2, 0.25) is 0 Å². The molecule has 1 aromatic carbocycles. The van der Waals surface area contributed by atoms with Crippen LogP contribution in [-0.4, -0.2) is 10.3 Å². The van der Waals surface area contributed by atoms with Crippen LogP contribution in [0.5, 0.6) is 5.75 Å². The maximum Gasteiger partial charge on any atom is 0.252 e. The summed E-state index contributed by atoms with van der Waals surface area (Å²) in [5.74, 6) is 0.0509. The van der Waals surface area contributed by atoms with Crippen LogP contribution in [0.4, 0.5) is 0 Å². The molecule has 0 saturated heterocycles. The number of carbonyl (C=O) groups is 1. The summed E-state index contributed by atoms with van der Waals surface area (Å²) < 4.78 is 9.75. The van der Waals surface area contributed by atoms with Crippen LogP contribution in [0.3, 0.4) is 0 Å². The Morgan fingerprint density at radius 1 is 1.47 bits per heavy atom. The normalized spacial score (nSPS) is 10.2. The molecule has 0 aliphatic rings. The molecule has 4 nitrogen and oxygen atoms in total. The summed E-state index contributed by atoms with van der Waals surface area (Å²) in [6.07, 6.45) is 0. The minimum absolute atomic E-state index is 0.342. The van der Waals surface area contributed by atoms with Crippen LogP contribution < -0.4 is 10.5 Å². The molecule has 0 atom stereocenters.